The summed E-state index contributed by atoms with van der Waals surface area (Å²) in [5.41, 5.74) is 1.71. The Hall–Kier alpha value is -3.19. The van der Waals surface area contributed by atoms with Crippen LogP contribution in [0.15, 0.2) is 77.4 Å². The predicted molar refractivity (Wildman–Crippen MR) is 111 cm³/mol. The molecule has 0 bridgehead atoms. The smallest absolute Gasteiger partial charge is 0.245 e. The predicted octanol–water partition coefficient (Wildman–Crippen LogP) is 4.41. The fourth-order valence-corrected chi connectivity index (χ4v) is 3.09. The van der Waals surface area contributed by atoms with Gasteiger partial charge >= 0.3 is 0 Å². The zero-order chi connectivity index (χ0) is 19.3. The minimum absolute atomic E-state index is 0.117. The van der Waals surface area contributed by atoms with Gasteiger partial charge in [-0.3, -0.25) is 4.79 Å². The number of aromatic nitrogens is 3. The van der Waals surface area contributed by atoms with Crippen molar-refractivity contribution in [2.75, 3.05) is 5.32 Å². The van der Waals surface area contributed by atoms with Crippen LogP contribution in [0.2, 0.25) is 0 Å². The van der Waals surface area contributed by atoms with E-state index in [-0.39, 0.29) is 19.1 Å². The van der Waals surface area contributed by atoms with Crippen molar-refractivity contribution in [3.63, 3.8) is 0 Å². The second kappa shape index (κ2) is 8.22. The first-order valence-corrected chi connectivity index (χ1v) is 9.52. The number of fused-ring (bicyclic) bond motifs is 1. The van der Waals surface area contributed by atoms with Crippen molar-refractivity contribution in [3.05, 3.63) is 83.2 Å². The van der Waals surface area contributed by atoms with Crippen LogP contribution in [0.5, 0.6) is 5.75 Å². The highest BCUT2D eigenvalue weighted by molar-refractivity contribution is 9.10. The molecule has 0 atom stereocenters. The molecule has 1 N–H and O–H groups in total. The molecular weight excluding hydrogens is 420 g/mol. The number of hydrogen-bond donors (Lipinski definition) is 1. The Morgan fingerprint density at radius 3 is 2.61 bits per heavy atom. The van der Waals surface area contributed by atoms with Gasteiger partial charge in [-0.05, 0) is 52.3 Å². The van der Waals surface area contributed by atoms with Crippen LogP contribution in [-0.4, -0.2) is 20.4 Å². The molecule has 6 nitrogen and oxygen atoms in total. The van der Waals surface area contributed by atoms with Crippen molar-refractivity contribution in [1.29, 1.82) is 0 Å². The maximum absolute atomic E-state index is 12.6. The number of para-hydroxylation sites is 3. The molecule has 2 aromatic carbocycles. The molecule has 4 aromatic rings. The third-order valence-electron chi connectivity index (χ3n) is 4.14. The third-order valence-corrected chi connectivity index (χ3v) is 4.61. The fraction of sp³-hybridized carbons (Fsp3) is 0.0952. The van der Waals surface area contributed by atoms with Crippen molar-refractivity contribution >= 4 is 38.7 Å². The van der Waals surface area contributed by atoms with E-state index in [0.29, 0.717) is 11.6 Å². The Morgan fingerprint density at radius 2 is 1.82 bits per heavy atom. The van der Waals surface area contributed by atoms with E-state index in [4.69, 9.17) is 4.74 Å². The summed E-state index contributed by atoms with van der Waals surface area (Å²) < 4.78 is 8.56. The van der Waals surface area contributed by atoms with Gasteiger partial charge in [-0.15, -0.1) is 0 Å². The molecule has 7 heteroatoms. The van der Waals surface area contributed by atoms with Gasteiger partial charge in [0.25, 0.3) is 0 Å². The lowest BCUT2D eigenvalue weighted by atomic mass is 10.3. The quantitative estimate of drug-likeness (QED) is 0.485. The monoisotopic (exact) mass is 436 g/mol. The summed E-state index contributed by atoms with van der Waals surface area (Å²) >= 11 is 3.33. The summed E-state index contributed by atoms with van der Waals surface area (Å²) in [6, 6.07) is 20.8. The molecule has 28 heavy (non-hydrogen) atoms. The number of nitrogens with one attached hydrogen (secondary N) is 1. The van der Waals surface area contributed by atoms with Crippen molar-refractivity contribution in [3.8, 4) is 5.75 Å². The lowest BCUT2D eigenvalue weighted by Gasteiger charge is -2.11. The van der Waals surface area contributed by atoms with Gasteiger partial charge in [-0.2, -0.15) is 0 Å². The number of halogens is 1. The van der Waals surface area contributed by atoms with E-state index in [9.17, 15) is 4.79 Å². The molecule has 0 aliphatic carbocycles. The summed E-state index contributed by atoms with van der Waals surface area (Å²) in [5, 5.41) is 2.81. The number of pyridine rings is 1. The van der Waals surface area contributed by atoms with E-state index in [1.54, 1.807) is 12.3 Å². The van der Waals surface area contributed by atoms with Gasteiger partial charge in [0.1, 0.15) is 30.5 Å². The van der Waals surface area contributed by atoms with Gasteiger partial charge in [0.15, 0.2) is 0 Å². The molecule has 2 heterocycles. The highest BCUT2D eigenvalue weighted by atomic mass is 79.9. The molecule has 0 saturated carbocycles. The number of benzene rings is 2. The Kier molecular flexibility index (Phi) is 5.34. The summed E-state index contributed by atoms with van der Waals surface area (Å²) in [5.74, 6) is 1.76. The van der Waals surface area contributed by atoms with Gasteiger partial charge in [-0.1, -0.05) is 30.3 Å². The second-order valence-electron chi connectivity index (χ2n) is 6.11. The maximum atomic E-state index is 12.6. The zero-order valence-electron chi connectivity index (χ0n) is 14.9. The van der Waals surface area contributed by atoms with Crippen LogP contribution in [0.25, 0.3) is 11.0 Å². The Morgan fingerprint density at radius 1 is 1.04 bits per heavy atom. The Balaban J connectivity index is 1.55. The molecule has 0 unspecified atom stereocenters. The third kappa shape index (κ3) is 4.20. The molecule has 0 radical (unpaired) electrons. The minimum Gasteiger partial charge on any atom is -0.486 e. The first kappa shape index (κ1) is 18.2. The van der Waals surface area contributed by atoms with E-state index in [1.165, 1.54) is 0 Å². The van der Waals surface area contributed by atoms with Crippen LogP contribution in [0.1, 0.15) is 5.82 Å². The van der Waals surface area contributed by atoms with Crippen molar-refractivity contribution in [2.24, 2.45) is 0 Å². The molecule has 0 spiro atoms. The van der Waals surface area contributed by atoms with Crippen LogP contribution < -0.4 is 10.1 Å². The number of carbonyl (C=O) groups excluding carboxylic acids is 1. The topological polar surface area (TPSA) is 69.0 Å². The number of ether oxygens (including phenoxy) is 1. The number of rotatable bonds is 6. The van der Waals surface area contributed by atoms with Gasteiger partial charge in [0, 0.05) is 10.7 Å². The van der Waals surface area contributed by atoms with E-state index < -0.39 is 0 Å². The maximum Gasteiger partial charge on any atom is 0.245 e. The number of anilines is 1. The Bertz CT molecular complexity index is 1090. The molecule has 4 rings (SSSR count). The molecule has 0 aliphatic heterocycles. The number of nitrogens with zero attached hydrogens (tertiary/aromatic N) is 3. The number of imidazole rings is 1. The van der Waals surface area contributed by atoms with Crippen LogP contribution in [-0.2, 0) is 17.9 Å². The first-order chi connectivity index (χ1) is 13.7. The zero-order valence-corrected chi connectivity index (χ0v) is 16.5. The van der Waals surface area contributed by atoms with Gasteiger partial charge in [-0.25, -0.2) is 9.97 Å². The van der Waals surface area contributed by atoms with Crippen molar-refractivity contribution in [2.45, 2.75) is 13.2 Å². The standard InChI is InChI=1S/C21H17BrN4O2/c22-15-10-11-19(23-12-15)25-21(27)13-26-18-9-5-4-8-17(18)24-20(26)14-28-16-6-2-1-3-7-16/h1-12H,13-14H2,(H,23,25,27). The van der Waals surface area contributed by atoms with E-state index in [1.807, 2.05) is 65.2 Å². The van der Waals surface area contributed by atoms with E-state index >= 15 is 0 Å². The molecule has 2 aromatic heterocycles. The SMILES string of the molecule is O=C(Cn1c(COc2ccccc2)nc2ccccc21)Nc1ccc(Br)cn1. The lowest BCUT2D eigenvalue weighted by Crippen LogP contribution is -2.21. The summed E-state index contributed by atoms with van der Waals surface area (Å²) in [7, 11) is 0. The van der Waals surface area contributed by atoms with Gasteiger partial charge < -0.3 is 14.6 Å². The summed E-state index contributed by atoms with van der Waals surface area (Å²) in [6.45, 7) is 0.383. The van der Waals surface area contributed by atoms with Crippen LogP contribution >= 0.6 is 15.9 Å². The van der Waals surface area contributed by atoms with Crippen molar-refractivity contribution in [1.82, 2.24) is 14.5 Å². The molecular formula is C21H17BrN4O2. The van der Waals surface area contributed by atoms with Crippen LogP contribution in [0, 0.1) is 0 Å². The average molecular weight is 437 g/mol. The summed E-state index contributed by atoms with van der Waals surface area (Å²) in [6.07, 6.45) is 1.64. The van der Waals surface area contributed by atoms with Crippen molar-refractivity contribution < 1.29 is 9.53 Å². The highest BCUT2D eigenvalue weighted by Gasteiger charge is 2.14. The summed E-state index contributed by atoms with van der Waals surface area (Å²) in [4.78, 5) is 21.4. The average Bonchev–Trinajstić information content (AvgIpc) is 3.06. The second-order valence-corrected chi connectivity index (χ2v) is 7.03. The Labute approximate surface area is 170 Å². The first-order valence-electron chi connectivity index (χ1n) is 8.72. The van der Waals surface area contributed by atoms with Gasteiger partial charge in [0.05, 0.1) is 11.0 Å². The molecule has 0 aliphatic rings. The van der Waals surface area contributed by atoms with E-state index in [2.05, 4.69) is 31.2 Å². The fourth-order valence-electron chi connectivity index (χ4n) is 2.85. The molecule has 140 valence electrons. The normalized spacial score (nSPS) is 10.8. The number of amides is 1. The highest BCUT2D eigenvalue weighted by Crippen LogP contribution is 2.19. The molecule has 1 amide bonds. The molecule has 0 fully saturated rings. The minimum atomic E-state index is -0.182. The number of hydrogen-bond acceptors (Lipinski definition) is 4. The van der Waals surface area contributed by atoms with Gasteiger partial charge in [0.2, 0.25) is 5.91 Å². The number of carbonyl (C=O) groups is 1. The molecule has 0 saturated heterocycles. The largest absolute Gasteiger partial charge is 0.486 e. The van der Waals surface area contributed by atoms with Crippen LogP contribution in [0.3, 0.4) is 0 Å². The van der Waals surface area contributed by atoms with E-state index in [0.717, 1.165) is 21.3 Å². The lowest BCUT2D eigenvalue weighted by molar-refractivity contribution is -0.116. The van der Waals surface area contributed by atoms with Crippen LogP contribution in [0.4, 0.5) is 5.82 Å².